The fraction of sp³-hybridized carbons (Fsp3) is 0.455. The molecule has 0 aliphatic heterocycles. The summed E-state index contributed by atoms with van der Waals surface area (Å²) in [5.74, 6) is 0. The molecule has 2 heteroatoms. The zero-order chi connectivity index (χ0) is 9.68. The first-order valence-electron chi connectivity index (χ1n) is 4.58. The summed E-state index contributed by atoms with van der Waals surface area (Å²) in [7, 11) is 0. The van der Waals surface area contributed by atoms with Crippen LogP contribution < -0.4 is 5.32 Å². The highest BCUT2D eigenvalue weighted by atomic mass is 32.2. The summed E-state index contributed by atoms with van der Waals surface area (Å²) in [6.45, 7) is 5.29. The number of thioether (sulfide) groups is 1. The summed E-state index contributed by atoms with van der Waals surface area (Å²) in [5, 5.41) is 3.40. The number of benzene rings is 1. The summed E-state index contributed by atoms with van der Waals surface area (Å²) in [6.07, 6.45) is 2.11. The van der Waals surface area contributed by atoms with Gasteiger partial charge in [-0.25, -0.2) is 0 Å². The first-order valence-corrected chi connectivity index (χ1v) is 5.81. The van der Waals surface area contributed by atoms with Crippen LogP contribution in [-0.2, 0) is 6.54 Å². The van der Waals surface area contributed by atoms with Crippen molar-refractivity contribution < 1.29 is 0 Å². The number of rotatable bonds is 4. The lowest BCUT2D eigenvalue weighted by atomic mass is 10.2. The molecule has 0 spiro atoms. The fourth-order valence-electron chi connectivity index (χ4n) is 1.10. The molecule has 0 bridgehead atoms. The lowest BCUT2D eigenvalue weighted by molar-refractivity contribution is 0.588. The zero-order valence-electron chi connectivity index (χ0n) is 8.50. The van der Waals surface area contributed by atoms with Crippen molar-refractivity contribution in [1.82, 2.24) is 5.32 Å². The van der Waals surface area contributed by atoms with E-state index in [9.17, 15) is 0 Å². The lowest BCUT2D eigenvalue weighted by Gasteiger charge is -2.08. The van der Waals surface area contributed by atoms with Crippen LogP contribution in [0.4, 0.5) is 0 Å². The molecule has 1 aromatic rings. The van der Waals surface area contributed by atoms with E-state index < -0.39 is 0 Å². The van der Waals surface area contributed by atoms with Crippen LogP contribution in [0.3, 0.4) is 0 Å². The van der Waals surface area contributed by atoms with E-state index in [0.29, 0.717) is 6.04 Å². The van der Waals surface area contributed by atoms with Gasteiger partial charge in [-0.15, -0.1) is 11.8 Å². The van der Waals surface area contributed by atoms with Gasteiger partial charge < -0.3 is 5.32 Å². The van der Waals surface area contributed by atoms with Crippen molar-refractivity contribution in [1.29, 1.82) is 0 Å². The maximum Gasteiger partial charge on any atom is 0.0208 e. The number of nitrogens with one attached hydrogen (secondary N) is 1. The van der Waals surface area contributed by atoms with Crippen molar-refractivity contribution in [2.24, 2.45) is 0 Å². The van der Waals surface area contributed by atoms with Gasteiger partial charge in [0.1, 0.15) is 0 Å². The Balaban J connectivity index is 2.56. The molecule has 1 N–H and O–H groups in total. The molecule has 0 heterocycles. The predicted octanol–water partition coefficient (Wildman–Crippen LogP) is 2.91. The van der Waals surface area contributed by atoms with E-state index in [1.165, 1.54) is 10.5 Å². The van der Waals surface area contributed by atoms with Crippen molar-refractivity contribution in [3.63, 3.8) is 0 Å². The fourth-order valence-corrected chi connectivity index (χ4v) is 1.59. The van der Waals surface area contributed by atoms with Crippen molar-refractivity contribution in [3.05, 3.63) is 29.8 Å². The standard InChI is InChI=1S/C11H17NS/c1-9(2)12-8-10-5-4-6-11(7-10)13-3/h4-7,9,12H,8H2,1-3H3. The van der Waals surface area contributed by atoms with Crippen molar-refractivity contribution in [2.45, 2.75) is 31.3 Å². The topological polar surface area (TPSA) is 12.0 Å². The van der Waals surface area contributed by atoms with Crippen LogP contribution in [0.25, 0.3) is 0 Å². The Morgan fingerprint density at radius 1 is 1.38 bits per heavy atom. The van der Waals surface area contributed by atoms with Gasteiger partial charge >= 0.3 is 0 Å². The molecule has 0 fully saturated rings. The molecule has 0 aromatic heterocycles. The average molecular weight is 195 g/mol. The average Bonchev–Trinajstić information content (AvgIpc) is 2.15. The Kier molecular flexibility index (Phi) is 4.33. The summed E-state index contributed by atoms with van der Waals surface area (Å²) >= 11 is 1.79. The highest BCUT2D eigenvalue weighted by Crippen LogP contribution is 2.15. The van der Waals surface area contributed by atoms with Crippen LogP contribution in [0.5, 0.6) is 0 Å². The molecule has 72 valence electrons. The van der Waals surface area contributed by atoms with Gasteiger partial charge in [-0.3, -0.25) is 0 Å². The molecule has 0 amide bonds. The third-order valence-electron chi connectivity index (χ3n) is 1.85. The Morgan fingerprint density at radius 2 is 2.15 bits per heavy atom. The molecule has 0 saturated carbocycles. The Bertz CT molecular complexity index is 258. The van der Waals surface area contributed by atoms with Gasteiger partial charge in [-0.2, -0.15) is 0 Å². The number of hydrogen-bond acceptors (Lipinski definition) is 2. The Morgan fingerprint density at radius 3 is 2.77 bits per heavy atom. The third-order valence-corrected chi connectivity index (χ3v) is 2.57. The van der Waals surface area contributed by atoms with Gasteiger partial charge in [0.25, 0.3) is 0 Å². The van der Waals surface area contributed by atoms with Crippen LogP contribution in [-0.4, -0.2) is 12.3 Å². The Hall–Kier alpha value is -0.470. The molecule has 0 saturated heterocycles. The zero-order valence-corrected chi connectivity index (χ0v) is 9.32. The molecule has 1 aromatic carbocycles. The van der Waals surface area contributed by atoms with Crippen LogP contribution in [0, 0.1) is 0 Å². The molecule has 0 aliphatic rings. The maximum absolute atomic E-state index is 3.40. The van der Waals surface area contributed by atoms with E-state index in [2.05, 4.69) is 49.7 Å². The van der Waals surface area contributed by atoms with Crippen LogP contribution in [0.15, 0.2) is 29.2 Å². The van der Waals surface area contributed by atoms with E-state index in [1.807, 2.05) is 0 Å². The van der Waals surface area contributed by atoms with Gasteiger partial charge in [0, 0.05) is 17.5 Å². The largest absolute Gasteiger partial charge is 0.310 e. The van der Waals surface area contributed by atoms with Crippen molar-refractivity contribution in [2.75, 3.05) is 6.26 Å². The Labute approximate surface area is 84.9 Å². The summed E-state index contributed by atoms with van der Waals surface area (Å²) in [6, 6.07) is 9.21. The molecule has 1 rings (SSSR count). The molecule has 0 radical (unpaired) electrons. The molecule has 13 heavy (non-hydrogen) atoms. The van der Waals surface area contributed by atoms with Gasteiger partial charge in [0.15, 0.2) is 0 Å². The van der Waals surface area contributed by atoms with E-state index in [-0.39, 0.29) is 0 Å². The maximum atomic E-state index is 3.40. The van der Waals surface area contributed by atoms with Gasteiger partial charge in [0.05, 0.1) is 0 Å². The molecule has 1 nitrogen and oxygen atoms in total. The van der Waals surface area contributed by atoms with Gasteiger partial charge in [0.2, 0.25) is 0 Å². The second-order valence-corrected chi connectivity index (χ2v) is 4.27. The molecular formula is C11H17NS. The second-order valence-electron chi connectivity index (χ2n) is 3.39. The van der Waals surface area contributed by atoms with E-state index in [0.717, 1.165) is 6.54 Å². The summed E-state index contributed by atoms with van der Waals surface area (Å²) in [4.78, 5) is 1.34. The highest BCUT2D eigenvalue weighted by molar-refractivity contribution is 7.98. The lowest BCUT2D eigenvalue weighted by Crippen LogP contribution is -2.21. The minimum atomic E-state index is 0.554. The summed E-state index contributed by atoms with van der Waals surface area (Å²) in [5.41, 5.74) is 1.36. The van der Waals surface area contributed by atoms with Crippen LogP contribution >= 0.6 is 11.8 Å². The summed E-state index contributed by atoms with van der Waals surface area (Å²) < 4.78 is 0. The van der Waals surface area contributed by atoms with E-state index in [4.69, 9.17) is 0 Å². The highest BCUT2D eigenvalue weighted by Gasteiger charge is 1.96. The molecular weight excluding hydrogens is 178 g/mol. The SMILES string of the molecule is CSc1cccc(CNC(C)C)c1. The van der Waals surface area contributed by atoms with Crippen LogP contribution in [0.1, 0.15) is 19.4 Å². The predicted molar refractivity (Wildman–Crippen MR) is 60.2 cm³/mol. The smallest absolute Gasteiger partial charge is 0.0208 e. The first-order chi connectivity index (χ1) is 6.22. The minimum absolute atomic E-state index is 0.554. The normalized spacial score (nSPS) is 10.8. The first kappa shape index (κ1) is 10.6. The van der Waals surface area contributed by atoms with Crippen molar-refractivity contribution >= 4 is 11.8 Å². The second kappa shape index (κ2) is 5.30. The van der Waals surface area contributed by atoms with Gasteiger partial charge in [-0.1, -0.05) is 26.0 Å². The monoisotopic (exact) mass is 195 g/mol. The van der Waals surface area contributed by atoms with Crippen molar-refractivity contribution in [3.8, 4) is 0 Å². The quantitative estimate of drug-likeness (QED) is 0.741. The third kappa shape index (κ3) is 3.83. The molecule has 0 atom stereocenters. The molecule has 0 aliphatic carbocycles. The number of hydrogen-bond donors (Lipinski definition) is 1. The minimum Gasteiger partial charge on any atom is -0.310 e. The van der Waals surface area contributed by atoms with E-state index >= 15 is 0 Å². The molecule has 0 unspecified atom stereocenters. The van der Waals surface area contributed by atoms with Crippen LogP contribution in [0.2, 0.25) is 0 Å². The van der Waals surface area contributed by atoms with Gasteiger partial charge in [-0.05, 0) is 24.0 Å². The van der Waals surface area contributed by atoms with E-state index in [1.54, 1.807) is 11.8 Å².